The molecule has 10 nitrogen and oxygen atoms in total. The third kappa shape index (κ3) is 36.1. The molecular weight excluding hydrogens is 632 g/mol. The molecule has 0 aliphatic heterocycles. The van der Waals surface area contributed by atoms with Crippen molar-refractivity contribution in [2.24, 2.45) is 17.7 Å². The average molecular weight is 713 g/mol. The van der Waals surface area contributed by atoms with Gasteiger partial charge in [0.1, 0.15) is 0 Å². The summed E-state index contributed by atoms with van der Waals surface area (Å²) in [5, 5.41) is 27.6. The maximum Gasteiger partial charge on any atom is 0.306 e. The van der Waals surface area contributed by atoms with Crippen LogP contribution in [0, 0.1) is 11.8 Å². The van der Waals surface area contributed by atoms with Crippen LogP contribution in [0.2, 0.25) is 0 Å². The Morgan fingerprint density at radius 2 is 0.680 bits per heavy atom. The predicted molar refractivity (Wildman–Crippen MR) is 205 cm³/mol. The molecular formula is C40H80N4O6. The standard InChI is InChI=1S/C40H80N4O6/c41-43-44-42-35-28-26-24-22-20-18-16-14-12-10-8-6-4-2-1-3-5-7-9-11-13-15-17-19-21-23-25-27-30-36(39(47)48)31-29-32-37(40(49)50)33-34-38(45)46/h36-37,42-44H,1-35,41H2,(H,45,46)(H,47,48)(H,49,50). The molecule has 0 aliphatic carbocycles. The van der Waals surface area contributed by atoms with E-state index in [0.29, 0.717) is 25.7 Å². The number of rotatable bonds is 42. The Labute approximate surface area is 306 Å². The topological polar surface area (TPSA) is 174 Å². The van der Waals surface area contributed by atoms with E-state index in [1.807, 2.05) is 0 Å². The zero-order chi connectivity index (χ0) is 36.8. The summed E-state index contributed by atoms with van der Waals surface area (Å²) in [7, 11) is 0. The lowest BCUT2D eigenvalue weighted by Gasteiger charge is -2.15. The van der Waals surface area contributed by atoms with Gasteiger partial charge in [0.05, 0.1) is 11.8 Å². The molecule has 0 saturated carbocycles. The predicted octanol–water partition coefficient (Wildman–Crippen LogP) is 10.2. The van der Waals surface area contributed by atoms with E-state index in [1.165, 1.54) is 161 Å². The van der Waals surface area contributed by atoms with Crippen LogP contribution in [-0.2, 0) is 14.4 Å². The van der Waals surface area contributed by atoms with Crippen LogP contribution >= 0.6 is 0 Å². The zero-order valence-corrected chi connectivity index (χ0v) is 32.0. The smallest absolute Gasteiger partial charge is 0.306 e. The number of hydrogen-bond acceptors (Lipinski definition) is 7. The minimum atomic E-state index is -1.00. The number of carboxylic acid groups (broad SMARTS) is 3. The molecule has 0 aromatic heterocycles. The number of unbranched alkanes of at least 4 members (excludes halogenated alkanes) is 27. The van der Waals surface area contributed by atoms with Gasteiger partial charge in [-0.15, -0.1) is 0 Å². The maximum absolute atomic E-state index is 11.6. The first-order valence-corrected chi connectivity index (χ1v) is 21.0. The highest BCUT2D eigenvalue weighted by Gasteiger charge is 2.21. The Morgan fingerprint density at radius 1 is 0.400 bits per heavy atom. The highest BCUT2D eigenvalue weighted by Crippen LogP contribution is 2.22. The van der Waals surface area contributed by atoms with Gasteiger partial charge in [-0.2, -0.15) is 11.1 Å². The van der Waals surface area contributed by atoms with Gasteiger partial charge in [0.15, 0.2) is 0 Å². The Morgan fingerprint density at radius 3 is 0.980 bits per heavy atom. The van der Waals surface area contributed by atoms with E-state index in [0.717, 1.165) is 25.8 Å². The molecule has 0 heterocycles. The van der Waals surface area contributed by atoms with Gasteiger partial charge in [0.25, 0.3) is 0 Å². The van der Waals surface area contributed by atoms with E-state index in [9.17, 15) is 24.6 Å². The molecule has 0 aromatic carbocycles. The van der Waals surface area contributed by atoms with Crippen LogP contribution in [0.15, 0.2) is 0 Å². The van der Waals surface area contributed by atoms with Crippen LogP contribution in [0.3, 0.4) is 0 Å². The lowest BCUT2D eigenvalue weighted by Crippen LogP contribution is -2.47. The second kappa shape index (κ2) is 38.5. The van der Waals surface area contributed by atoms with E-state index in [-0.39, 0.29) is 12.8 Å². The van der Waals surface area contributed by atoms with Crippen molar-refractivity contribution >= 4 is 17.9 Å². The Kier molecular flexibility index (Phi) is 37.1. The third-order valence-corrected chi connectivity index (χ3v) is 10.3. The summed E-state index contributed by atoms with van der Waals surface area (Å²) < 4.78 is 0. The van der Waals surface area contributed by atoms with Crippen LogP contribution in [0.4, 0.5) is 0 Å². The van der Waals surface area contributed by atoms with Gasteiger partial charge in [0, 0.05) is 13.0 Å². The van der Waals surface area contributed by atoms with Gasteiger partial charge >= 0.3 is 17.9 Å². The number of carbonyl (C=O) groups is 3. The van der Waals surface area contributed by atoms with Crippen LogP contribution in [0.5, 0.6) is 0 Å². The van der Waals surface area contributed by atoms with Gasteiger partial charge in [-0.1, -0.05) is 180 Å². The number of carboxylic acids is 3. The van der Waals surface area contributed by atoms with Gasteiger partial charge in [-0.3, -0.25) is 20.2 Å². The van der Waals surface area contributed by atoms with Crippen LogP contribution in [0.25, 0.3) is 0 Å². The number of nitrogens with two attached hydrogens (primary N) is 1. The lowest BCUT2D eigenvalue weighted by atomic mass is 9.91. The summed E-state index contributed by atoms with van der Waals surface area (Å²) in [4.78, 5) is 33.7. The first kappa shape index (κ1) is 48.2. The SMILES string of the molecule is NNNNCCCCCCCCCCCCCCCCCCCCCCCCCCCCCCC(CCCC(CCC(=O)O)C(=O)O)C(=O)O. The summed E-state index contributed by atoms with van der Waals surface area (Å²) in [5.74, 6) is 1.17. The molecule has 2 atom stereocenters. The summed E-state index contributed by atoms with van der Waals surface area (Å²) in [6.45, 7) is 0.953. The number of hydrazine groups is 3. The Balaban J connectivity index is 3.36. The van der Waals surface area contributed by atoms with Crippen molar-refractivity contribution in [1.82, 2.24) is 16.5 Å². The van der Waals surface area contributed by atoms with Gasteiger partial charge < -0.3 is 15.3 Å². The minimum absolute atomic E-state index is 0.0960. The Hall–Kier alpha value is -1.75. The van der Waals surface area contributed by atoms with E-state index in [4.69, 9.17) is 10.9 Å². The fourth-order valence-corrected chi connectivity index (χ4v) is 7.00. The van der Waals surface area contributed by atoms with Gasteiger partial charge in [-0.05, 0) is 32.1 Å². The molecule has 10 heteroatoms. The molecule has 0 amide bonds. The highest BCUT2D eigenvalue weighted by atomic mass is 16.4. The van der Waals surface area contributed by atoms with Crippen LogP contribution < -0.4 is 22.3 Å². The normalized spacial score (nSPS) is 12.7. The van der Waals surface area contributed by atoms with Crippen molar-refractivity contribution in [3.63, 3.8) is 0 Å². The average Bonchev–Trinajstić information content (AvgIpc) is 3.08. The van der Waals surface area contributed by atoms with Crippen LogP contribution in [-0.4, -0.2) is 39.8 Å². The summed E-state index contributed by atoms with van der Waals surface area (Å²) in [6.07, 6.45) is 39.2. The molecule has 0 spiro atoms. The van der Waals surface area contributed by atoms with Crippen LogP contribution in [0.1, 0.15) is 218 Å². The van der Waals surface area contributed by atoms with Crippen molar-refractivity contribution in [3.05, 3.63) is 0 Å². The lowest BCUT2D eigenvalue weighted by molar-refractivity contribution is -0.143. The summed E-state index contributed by atoms with van der Waals surface area (Å²) >= 11 is 0. The van der Waals surface area contributed by atoms with E-state index in [2.05, 4.69) is 16.5 Å². The molecule has 0 rings (SSSR count). The molecule has 0 saturated heterocycles. The van der Waals surface area contributed by atoms with Crippen molar-refractivity contribution in [2.45, 2.75) is 218 Å². The second-order valence-electron chi connectivity index (χ2n) is 14.8. The first-order valence-electron chi connectivity index (χ1n) is 21.0. The van der Waals surface area contributed by atoms with E-state index >= 15 is 0 Å². The second-order valence-corrected chi connectivity index (χ2v) is 14.8. The number of aliphatic carboxylic acids is 3. The quantitative estimate of drug-likeness (QED) is 0.0183. The van der Waals surface area contributed by atoms with E-state index < -0.39 is 29.7 Å². The zero-order valence-electron chi connectivity index (χ0n) is 32.0. The largest absolute Gasteiger partial charge is 0.481 e. The molecule has 296 valence electrons. The molecule has 8 N–H and O–H groups in total. The number of hydrogen-bond donors (Lipinski definition) is 7. The van der Waals surface area contributed by atoms with Crippen molar-refractivity contribution in [3.8, 4) is 0 Å². The molecule has 2 unspecified atom stereocenters. The van der Waals surface area contributed by atoms with Crippen molar-refractivity contribution in [1.29, 1.82) is 0 Å². The maximum atomic E-state index is 11.6. The molecule has 0 aliphatic rings. The molecule has 0 bridgehead atoms. The fraction of sp³-hybridized carbons (Fsp3) is 0.925. The molecule has 50 heavy (non-hydrogen) atoms. The first-order chi connectivity index (χ1) is 24.4. The van der Waals surface area contributed by atoms with Crippen molar-refractivity contribution in [2.75, 3.05) is 6.54 Å². The highest BCUT2D eigenvalue weighted by molar-refractivity contribution is 5.72. The Bertz CT molecular complexity index is 772. The summed E-state index contributed by atoms with van der Waals surface area (Å²) in [5.41, 5.74) is 8.07. The third-order valence-electron chi connectivity index (χ3n) is 10.3. The van der Waals surface area contributed by atoms with Gasteiger partial charge in [-0.25, -0.2) is 5.43 Å². The monoisotopic (exact) mass is 713 g/mol. The number of nitrogens with one attached hydrogen (secondary N) is 3. The van der Waals surface area contributed by atoms with Gasteiger partial charge in [0.2, 0.25) is 0 Å². The minimum Gasteiger partial charge on any atom is -0.481 e. The summed E-state index contributed by atoms with van der Waals surface area (Å²) in [6, 6.07) is 0. The molecule has 0 aromatic rings. The molecule has 0 radical (unpaired) electrons. The van der Waals surface area contributed by atoms with Crippen molar-refractivity contribution < 1.29 is 29.7 Å². The fourth-order valence-electron chi connectivity index (χ4n) is 7.00. The van der Waals surface area contributed by atoms with E-state index in [1.54, 1.807) is 0 Å². The molecule has 0 fully saturated rings.